The molecule has 28 heavy (non-hydrogen) atoms. The molecule has 2 aromatic rings. The van der Waals surface area contributed by atoms with Gasteiger partial charge in [0, 0.05) is 11.8 Å². The summed E-state index contributed by atoms with van der Waals surface area (Å²) in [6.45, 7) is 2.85. The topological polar surface area (TPSA) is 62.7 Å². The Morgan fingerprint density at radius 3 is 2.32 bits per heavy atom. The molecule has 10 heteroatoms. The fraction of sp³-hybridized carbons (Fsp3) is 0.278. The second kappa shape index (κ2) is 6.77. The van der Waals surface area contributed by atoms with Crippen LogP contribution in [0, 0.1) is 5.82 Å². The minimum absolute atomic E-state index is 0.0790. The average Bonchev–Trinajstić information content (AvgIpc) is 2.76. The van der Waals surface area contributed by atoms with Crippen molar-refractivity contribution in [3.05, 3.63) is 54.1 Å². The number of aromatic nitrogens is 1. The number of carbonyl (C=O) groups is 2. The molecule has 0 radical (unpaired) electrons. The average molecular weight is 397 g/mol. The highest BCUT2D eigenvalue weighted by atomic mass is 19.4. The number of hydrogen-bond donors (Lipinski definition) is 0. The third kappa shape index (κ3) is 3.62. The molecule has 1 aromatic carbocycles. The normalized spacial score (nSPS) is 16.6. The van der Waals surface area contributed by atoms with E-state index >= 15 is 0 Å². The van der Waals surface area contributed by atoms with Gasteiger partial charge in [-0.05, 0) is 44.2 Å². The van der Waals surface area contributed by atoms with Gasteiger partial charge in [-0.1, -0.05) is 0 Å². The molecule has 1 aliphatic rings. The van der Waals surface area contributed by atoms with Crippen LogP contribution < -0.4 is 9.64 Å². The highest BCUT2D eigenvalue weighted by Crippen LogP contribution is 2.34. The van der Waals surface area contributed by atoms with Crippen molar-refractivity contribution in [2.75, 3.05) is 4.90 Å². The zero-order valence-electron chi connectivity index (χ0n) is 14.8. The number of hydrogen-bond acceptors (Lipinski definition) is 4. The van der Waals surface area contributed by atoms with E-state index in [0.717, 1.165) is 23.2 Å². The molecule has 0 atom stereocenters. The summed E-state index contributed by atoms with van der Waals surface area (Å²) in [5.74, 6) is -1.69. The molecule has 1 fully saturated rings. The summed E-state index contributed by atoms with van der Waals surface area (Å²) in [6.07, 6.45) is -2.49. The minimum atomic E-state index is -4.85. The van der Waals surface area contributed by atoms with Crippen LogP contribution in [0.15, 0.2) is 42.7 Å². The van der Waals surface area contributed by atoms with Crippen LogP contribution in [0.25, 0.3) is 0 Å². The molecule has 1 aromatic heterocycles. The Labute approximate surface area is 157 Å². The second-order valence-corrected chi connectivity index (χ2v) is 6.58. The Morgan fingerprint density at radius 1 is 1.11 bits per heavy atom. The number of urea groups is 1. The number of nitrogens with zero attached hydrogens (tertiary/aromatic N) is 3. The zero-order chi connectivity index (χ0) is 20.7. The standard InChI is InChI=1S/C18H15F4N3O3/c1-17(2)15(26)25(12-3-5-13(6-4-12)28-18(20,21)22)16(27)24(17)10-11-7-8-23-9-14(11)19/h3-9H,10H2,1-2H3. The maximum Gasteiger partial charge on any atom is 0.573 e. The highest BCUT2D eigenvalue weighted by molar-refractivity contribution is 6.22. The van der Waals surface area contributed by atoms with Crippen LogP contribution in [0.5, 0.6) is 5.75 Å². The van der Waals surface area contributed by atoms with E-state index in [1.807, 2.05) is 0 Å². The molecule has 148 valence electrons. The summed E-state index contributed by atoms with van der Waals surface area (Å²) in [5.41, 5.74) is -1.02. The van der Waals surface area contributed by atoms with Crippen LogP contribution >= 0.6 is 0 Å². The van der Waals surface area contributed by atoms with Crippen molar-refractivity contribution < 1.29 is 31.9 Å². The van der Waals surface area contributed by atoms with E-state index < -0.39 is 35.4 Å². The largest absolute Gasteiger partial charge is 0.573 e. The fourth-order valence-electron chi connectivity index (χ4n) is 2.83. The third-order valence-electron chi connectivity index (χ3n) is 4.34. The first kappa shape index (κ1) is 19.6. The van der Waals surface area contributed by atoms with Crippen molar-refractivity contribution in [1.29, 1.82) is 0 Å². The number of imide groups is 1. The molecule has 3 rings (SSSR count). The van der Waals surface area contributed by atoms with Crippen molar-refractivity contribution in [1.82, 2.24) is 9.88 Å². The molecule has 0 bridgehead atoms. The van der Waals surface area contributed by atoms with Gasteiger partial charge in [-0.3, -0.25) is 9.78 Å². The van der Waals surface area contributed by atoms with E-state index in [1.165, 1.54) is 43.1 Å². The monoisotopic (exact) mass is 397 g/mol. The summed E-state index contributed by atoms with van der Waals surface area (Å²) in [4.78, 5) is 31.3. The first-order valence-corrected chi connectivity index (χ1v) is 8.11. The highest BCUT2D eigenvalue weighted by Gasteiger charge is 2.51. The quantitative estimate of drug-likeness (QED) is 0.581. The number of anilines is 1. The molecular weight excluding hydrogens is 382 g/mol. The van der Waals surface area contributed by atoms with Crippen LogP contribution in [-0.2, 0) is 11.3 Å². The van der Waals surface area contributed by atoms with Gasteiger partial charge < -0.3 is 9.64 Å². The predicted molar refractivity (Wildman–Crippen MR) is 89.8 cm³/mol. The van der Waals surface area contributed by atoms with Gasteiger partial charge in [-0.2, -0.15) is 0 Å². The van der Waals surface area contributed by atoms with E-state index in [0.29, 0.717) is 0 Å². The van der Waals surface area contributed by atoms with Crippen LogP contribution in [0.2, 0.25) is 0 Å². The molecule has 0 unspecified atom stereocenters. The number of rotatable bonds is 4. The van der Waals surface area contributed by atoms with Gasteiger partial charge in [0.05, 0.1) is 18.4 Å². The predicted octanol–water partition coefficient (Wildman–Crippen LogP) is 3.87. The summed E-state index contributed by atoms with van der Waals surface area (Å²) >= 11 is 0. The lowest BCUT2D eigenvalue weighted by atomic mass is 10.0. The smallest absolute Gasteiger partial charge is 0.406 e. The van der Waals surface area contributed by atoms with Crippen LogP contribution in [-0.4, -0.2) is 33.7 Å². The lowest BCUT2D eigenvalue weighted by molar-refractivity contribution is -0.274. The van der Waals surface area contributed by atoms with Crippen molar-refractivity contribution in [2.24, 2.45) is 0 Å². The third-order valence-corrected chi connectivity index (χ3v) is 4.34. The first-order valence-electron chi connectivity index (χ1n) is 8.11. The van der Waals surface area contributed by atoms with Gasteiger partial charge in [0.25, 0.3) is 5.91 Å². The number of alkyl halides is 3. The van der Waals surface area contributed by atoms with E-state index in [9.17, 15) is 27.2 Å². The molecule has 0 N–H and O–H groups in total. The number of carbonyl (C=O) groups excluding carboxylic acids is 2. The Bertz CT molecular complexity index is 913. The summed E-state index contributed by atoms with van der Waals surface area (Å²) in [6, 6.07) is 5.03. The maximum absolute atomic E-state index is 13.9. The van der Waals surface area contributed by atoms with Gasteiger partial charge in [-0.25, -0.2) is 14.1 Å². The Morgan fingerprint density at radius 2 is 1.75 bits per heavy atom. The van der Waals surface area contributed by atoms with Crippen molar-refractivity contribution in [2.45, 2.75) is 32.3 Å². The van der Waals surface area contributed by atoms with Gasteiger partial charge in [0.2, 0.25) is 0 Å². The number of amides is 3. The fourth-order valence-corrected chi connectivity index (χ4v) is 2.83. The maximum atomic E-state index is 13.9. The summed E-state index contributed by atoms with van der Waals surface area (Å²) in [5, 5.41) is 0. The van der Waals surface area contributed by atoms with E-state index in [4.69, 9.17) is 0 Å². The number of benzene rings is 1. The molecule has 3 amide bonds. The summed E-state index contributed by atoms with van der Waals surface area (Å²) < 4.78 is 54.5. The number of halogens is 4. The van der Waals surface area contributed by atoms with Crippen LogP contribution in [0.1, 0.15) is 19.4 Å². The zero-order valence-corrected chi connectivity index (χ0v) is 14.8. The minimum Gasteiger partial charge on any atom is -0.406 e. The molecule has 0 spiro atoms. The second-order valence-electron chi connectivity index (χ2n) is 6.58. The molecule has 0 aliphatic carbocycles. The van der Waals surface area contributed by atoms with Crippen LogP contribution in [0.3, 0.4) is 0 Å². The molecule has 2 heterocycles. The van der Waals surface area contributed by atoms with Gasteiger partial charge in [-0.15, -0.1) is 13.2 Å². The van der Waals surface area contributed by atoms with Crippen molar-refractivity contribution in [3.63, 3.8) is 0 Å². The van der Waals surface area contributed by atoms with E-state index in [-0.39, 0.29) is 17.8 Å². The molecule has 1 saturated heterocycles. The van der Waals surface area contributed by atoms with E-state index in [2.05, 4.69) is 9.72 Å². The van der Waals surface area contributed by atoms with Crippen LogP contribution in [0.4, 0.5) is 28.0 Å². The molecule has 1 aliphatic heterocycles. The van der Waals surface area contributed by atoms with Crippen molar-refractivity contribution in [3.8, 4) is 5.75 Å². The van der Waals surface area contributed by atoms with Gasteiger partial charge >= 0.3 is 12.4 Å². The Balaban J connectivity index is 1.88. The number of pyridine rings is 1. The van der Waals surface area contributed by atoms with Crippen molar-refractivity contribution >= 4 is 17.6 Å². The number of ether oxygens (including phenoxy) is 1. The SMILES string of the molecule is CC1(C)C(=O)N(c2ccc(OC(F)(F)F)cc2)C(=O)N1Cc1ccncc1F. The lowest BCUT2D eigenvalue weighted by Gasteiger charge is -2.27. The van der Waals surface area contributed by atoms with Gasteiger partial charge in [0.15, 0.2) is 0 Å². The lowest BCUT2D eigenvalue weighted by Crippen LogP contribution is -2.43. The van der Waals surface area contributed by atoms with E-state index in [1.54, 1.807) is 0 Å². The molecule has 6 nitrogen and oxygen atoms in total. The first-order chi connectivity index (χ1) is 13.0. The Hall–Kier alpha value is -3.17. The summed E-state index contributed by atoms with van der Waals surface area (Å²) in [7, 11) is 0. The molecular formula is C18H15F4N3O3. The van der Waals surface area contributed by atoms with Gasteiger partial charge in [0.1, 0.15) is 17.1 Å². The molecule has 0 saturated carbocycles. The Kier molecular flexibility index (Phi) is 4.74.